The zero-order valence-corrected chi connectivity index (χ0v) is 18.6. The zero-order chi connectivity index (χ0) is 21.0. The van der Waals surface area contributed by atoms with Gasteiger partial charge in [-0.25, -0.2) is 13.1 Å². The second kappa shape index (κ2) is 9.26. The molecule has 7 heteroatoms. The van der Waals surface area contributed by atoms with Gasteiger partial charge in [-0.1, -0.05) is 30.3 Å². The lowest BCUT2D eigenvalue weighted by Crippen LogP contribution is -2.48. The number of nitrogens with zero attached hydrogens (tertiary/aromatic N) is 3. The Balaban J connectivity index is 1.82. The van der Waals surface area contributed by atoms with Gasteiger partial charge in [0.15, 0.2) is 0 Å². The summed E-state index contributed by atoms with van der Waals surface area (Å²) in [5.41, 5.74) is 3.02. The summed E-state index contributed by atoms with van der Waals surface area (Å²) in [6.07, 6.45) is 0. The lowest BCUT2D eigenvalue weighted by molar-refractivity contribution is 0.113. The summed E-state index contributed by atoms with van der Waals surface area (Å²) in [5.74, 6) is 0. The van der Waals surface area contributed by atoms with Crippen molar-refractivity contribution in [2.45, 2.75) is 17.9 Å². The number of hydrogen-bond acceptors (Lipinski definition) is 5. The maximum atomic E-state index is 12.9. The number of likely N-dealkylation sites (N-methyl/N-ethyl adjacent to an activating group) is 1. The van der Waals surface area contributed by atoms with Crippen LogP contribution in [0.3, 0.4) is 0 Å². The SMILES string of the molecule is Cc1ccccc1S(=O)(=O)NCC(c1ccc(N(C)C)cc1)N1CCN(C)CC1. The van der Waals surface area contributed by atoms with Gasteiger partial charge < -0.3 is 9.80 Å². The Kier molecular flexibility index (Phi) is 6.95. The molecule has 0 spiro atoms. The van der Waals surface area contributed by atoms with Gasteiger partial charge >= 0.3 is 0 Å². The van der Waals surface area contributed by atoms with E-state index in [1.807, 2.05) is 33.2 Å². The van der Waals surface area contributed by atoms with E-state index in [2.05, 4.69) is 50.7 Å². The average molecular weight is 417 g/mol. The molecule has 1 saturated heterocycles. The van der Waals surface area contributed by atoms with Crippen molar-refractivity contribution in [3.8, 4) is 0 Å². The summed E-state index contributed by atoms with van der Waals surface area (Å²) in [6, 6.07) is 15.5. The number of rotatable bonds is 7. The molecular formula is C22H32N4O2S. The lowest BCUT2D eigenvalue weighted by atomic mass is 10.0. The van der Waals surface area contributed by atoms with Gasteiger partial charge in [0.1, 0.15) is 0 Å². The number of benzene rings is 2. The van der Waals surface area contributed by atoms with E-state index in [0.717, 1.165) is 43.0 Å². The quantitative estimate of drug-likeness (QED) is 0.751. The fraction of sp³-hybridized carbons (Fsp3) is 0.455. The molecule has 1 N–H and O–H groups in total. The standard InChI is InChI=1S/C22H32N4O2S/c1-18-7-5-6-8-22(18)29(27,28)23-17-21(26-15-13-25(4)14-16-26)19-9-11-20(12-10-19)24(2)3/h5-12,21,23H,13-17H2,1-4H3. The highest BCUT2D eigenvalue weighted by Crippen LogP contribution is 2.25. The van der Waals surface area contributed by atoms with Crippen molar-refractivity contribution >= 4 is 15.7 Å². The zero-order valence-electron chi connectivity index (χ0n) is 17.8. The van der Waals surface area contributed by atoms with Crippen LogP contribution in [-0.2, 0) is 10.0 Å². The normalized spacial score (nSPS) is 17.2. The van der Waals surface area contributed by atoms with Gasteiger partial charge in [0, 0.05) is 58.5 Å². The van der Waals surface area contributed by atoms with Crippen molar-refractivity contribution in [2.75, 3.05) is 58.8 Å². The number of sulfonamides is 1. The lowest BCUT2D eigenvalue weighted by Gasteiger charge is -2.38. The molecule has 3 rings (SSSR count). The van der Waals surface area contributed by atoms with Gasteiger partial charge in [-0.15, -0.1) is 0 Å². The molecule has 0 amide bonds. The van der Waals surface area contributed by atoms with E-state index in [4.69, 9.17) is 0 Å². The smallest absolute Gasteiger partial charge is 0.240 e. The summed E-state index contributed by atoms with van der Waals surface area (Å²) in [5, 5.41) is 0. The van der Waals surface area contributed by atoms with Crippen LogP contribution in [0.25, 0.3) is 0 Å². The first-order valence-electron chi connectivity index (χ1n) is 10.0. The highest BCUT2D eigenvalue weighted by atomic mass is 32.2. The molecule has 6 nitrogen and oxygen atoms in total. The first-order valence-corrected chi connectivity index (χ1v) is 11.5. The second-order valence-corrected chi connectivity index (χ2v) is 9.69. The summed E-state index contributed by atoms with van der Waals surface area (Å²) in [6.45, 7) is 5.98. The van der Waals surface area contributed by atoms with Crippen LogP contribution in [0.4, 0.5) is 5.69 Å². The molecule has 0 aliphatic carbocycles. The number of piperazine rings is 1. The summed E-state index contributed by atoms with van der Waals surface area (Å²) in [7, 11) is 2.60. The molecule has 1 unspecified atom stereocenters. The van der Waals surface area contributed by atoms with Crippen LogP contribution in [0, 0.1) is 6.92 Å². The van der Waals surface area contributed by atoms with E-state index >= 15 is 0 Å². The van der Waals surface area contributed by atoms with Gasteiger partial charge in [-0.3, -0.25) is 4.90 Å². The Morgan fingerprint density at radius 3 is 2.21 bits per heavy atom. The second-order valence-electron chi connectivity index (χ2n) is 7.96. The van der Waals surface area contributed by atoms with Crippen LogP contribution < -0.4 is 9.62 Å². The van der Waals surface area contributed by atoms with E-state index in [1.54, 1.807) is 12.1 Å². The van der Waals surface area contributed by atoms with E-state index in [-0.39, 0.29) is 6.04 Å². The van der Waals surface area contributed by atoms with Crippen LogP contribution in [0.15, 0.2) is 53.4 Å². The van der Waals surface area contributed by atoms with Crippen molar-refractivity contribution in [3.05, 3.63) is 59.7 Å². The largest absolute Gasteiger partial charge is 0.378 e. The summed E-state index contributed by atoms with van der Waals surface area (Å²) >= 11 is 0. The molecular weight excluding hydrogens is 384 g/mol. The molecule has 2 aromatic carbocycles. The highest BCUT2D eigenvalue weighted by Gasteiger charge is 2.26. The van der Waals surface area contributed by atoms with Crippen LogP contribution in [0.1, 0.15) is 17.2 Å². The number of hydrogen-bond donors (Lipinski definition) is 1. The molecule has 158 valence electrons. The van der Waals surface area contributed by atoms with Crippen LogP contribution >= 0.6 is 0 Å². The number of aryl methyl sites for hydroxylation is 1. The predicted molar refractivity (Wildman–Crippen MR) is 119 cm³/mol. The molecule has 1 aliphatic heterocycles. The molecule has 0 bridgehead atoms. The maximum Gasteiger partial charge on any atom is 0.240 e. The van der Waals surface area contributed by atoms with Crippen molar-refractivity contribution < 1.29 is 8.42 Å². The fourth-order valence-electron chi connectivity index (χ4n) is 3.71. The molecule has 1 heterocycles. The first kappa shape index (κ1) is 21.8. The fourth-order valence-corrected chi connectivity index (χ4v) is 4.99. The monoisotopic (exact) mass is 416 g/mol. The minimum Gasteiger partial charge on any atom is -0.378 e. The van der Waals surface area contributed by atoms with Crippen molar-refractivity contribution in [1.82, 2.24) is 14.5 Å². The predicted octanol–water partition coefficient (Wildman–Crippen LogP) is 2.33. The third-order valence-corrected chi connectivity index (χ3v) is 7.21. The molecule has 0 saturated carbocycles. The van der Waals surface area contributed by atoms with Crippen molar-refractivity contribution in [2.24, 2.45) is 0 Å². The Bertz CT molecular complexity index is 905. The molecule has 1 aliphatic rings. The van der Waals surface area contributed by atoms with E-state index < -0.39 is 10.0 Å². The maximum absolute atomic E-state index is 12.9. The van der Waals surface area contributed by atoms with Crippen molar-refractivity contribution in [1.29, 1.82) is 0 Å². The molecule has 29 heavy (non-hydrogen) atoms. The number of anilines is 1. The number of nitrogens with one attached hydrogen (secondary N) is 1. The van der Waals surface area contributed by atoms with E-state index in [9.17, 15) is 8.42 Å². The molecule has 2 aromatic rings. The molecule has 1 atom stereocenters. The summed E-state index contributed by atoms with van der Waals surface area (Å²) < 4.78 is 28.7. The Hall–Kier alpha value is -1.93. The topological polar surface area (TPSA) is 55.9 Å². The van der Waals surface area contributed by atoms with Crippen LogP contribution in [-0.4, -0.2) is 72.1 Å². The van der Waals surface area contributed by atoms with E-state index in [1.165, 1.54) is 0 Å². The van der Waals surface area contributed by atoms with Gasteiger partial charge in [-0.05, 0) is 43.3 Å². The van der Waals surface area contributed by atoms with Gasteiger partial charge in [0.25, 0.3) is 0 Å². The van der Waals surface area contributed by atoms with Gasteiger partial charge in [0.2, 0.25) is 10.0 Å². The molecule has 1 fully saturated rings. The van der Waals surface area contributed by atoms with Gasteiger partial charge in [0.05, 0.1) is 4.90 Å². The highest BCUT2D eigenvalue weighted by molar-refractivity contribution is 7.89. The Morgan fingerprint density at radius 1 is 1.00 bits per heavy atom. The van der Waals surface area contributed by atoms with Crippen LogP contribution in [0.5, 0.6) is 0 Å². The molecule has 0 radical (unpaired) electrons. The summed E-state index contributed by atoms with van der Waals surface area (Å²) in [4.78, 5) is 7.10. The third kappa shape index (κ3) is 5.36. The minimum absolute atomic E-state index is 0.00120. The third-order valence-electron chi connectivity index (χ3n) is 5.62. The Morgan fingerprint density at radius 2 is 1.62 bits per heavy atom. The average Bonchev–Trinajstić information content (AvgIpc) is 2.70. The minimum atomic E-state index is -3.56. The first-order chi connectivity index (χ1) is 13.8. The van der Waals surface area contributed by atoms with Gasteiger partial charge in [-0.2, -0.15) is 0 Å². The Labute approximate surface area is 175 Å². The van der Waals surface area contributed by atoms with E-state index in [0.29, 0.717) is 11.4 Å². The van der Waals surface area contributed by atoms with Crippen molar-refractivity contribution in [3.63, 3.8) is 0 Å². The molecule has 0 aromatic heterocycles. The van der Waals surface area contributed by atoms with Crippen LogP contribution in [0.2, 0.25) is 0 Å².